The summed E-state index contributed by atoms with van der Waals surface area (Å²) >= 11 is 0. The van der Waals surface area contributed by atoms with Crippen LogP contribution in [0.1, 0.15) is 48.2 Å². The van der Waals surface area contributed by atoms with E-state index in [0.717, 1.165) is 49.1 Å². The van der Waals surface area contributed by atoms with E-state index in [4.69, 9.17) is 0 Å². The lowest BCUT2D eigenvalue weighted by Gasteiger charge is -2.34. The van der Waals surface area contributed by atoms with Crippen LogP contribution in [0.5, 0.6) is 0 Å². The molecule has 0 saturated carbocycles. The van der Waals surface area contributed by atoms with Gasteiger partial charge in [-0.25, -0.2) is 0 Å². The van der Waals surface area contributed by atoms with E-state index in [1.54, 1.807) is 16.8 Å². The van der Waals surface area contributed by atoms with Gasteiger partial charge in [-0.3, -0.25) is 14.2 Å². The zero-order valence-corrected chi connectivity index (χ0v) is 20.2. The summed E-state index contributed by atoms with van der Waals surface area (Å²) in [5.41, 5.74) is 3.47. The van der Waals surface area contributed by atoms with Crippen molar-refractivity contribution in [2.24, 2.45) is 11.8 Å². The van der Waals surface area contributed by atoms with Crippen molar-refractivity contribution in [3.8, 4) is 5.69 Å². The van der Waals surface area contributed by atoms with Gasteiger partial charge < -0.3 is 10.2 Å². The van der Waals surface area contributed by atoms with Crippen LogP contribution in [0.25, 0.3) is 16.5 Å². The van der Waals surface area contributed by atoms with Gasteiger partial charge in [0.2, 0.25) is 0 Å². The molecule has 2 unspecified atom stereocenters. The SMILES string of the molecule is Cc1ccc(-n2cc(C(=O)NCCCN3CC(C)CC(C)C3)c3ccccc3c2=O)cc1C. The molecular weight excluding hydrogens is 410 g/mol. The normalized spacial score (nSPS) is 19.0. The van der Waals surface area contributed by atoms with Gasteiger partial charge in [-0.15, -0.1) is 0 Å². The Labute approximate surface area is 196 Å². The van der Waals surface area contributed by atoms with E-state index in [1.807, 2.05) is 50.2 Å². The number of rotatable bonds is 6. The molecule has 1 aliphatic rings. The van der Waals surface area contributed by atoms with Crippen molar-refractivity contribution >= 4 is 16.7 Å². The van der Waals surface area contributed by atoms with Crippen LogP contribution < -0.4 is 10.9 Å². The highest BCUT2D eigenvalue weighted by molar-refractivity contribution is 6.06. The highest BCUT2D eigenvalue weighted by atomic mass is 16.2. The van der Waals surface area contributed by atoms with Crippen LogP contribution in [0.4, 0.5) is 0 Å². The van der Waals surface area contributed by atoms with Crippen LogP contribution in [0, 0.1) is 25.7 Å². The first kappa shape index (κ1) is 23.2. The molecule has 1 aromatic heterocycles. The number of nitrogens with zero attached hydrogens (tertiary/aromatic N) is 2. The maximum absolute atomic E-state index is 13.2. The Hall–Kier alpha value is -2.92. The summed E-state index contributed by atoms with van der Waals surface area (Å²) < 4.78 is 1.60. The summed E-state index contributed by atoms with van der Waals surface area (Å²) in [6.45, 7) is 12.6. The number of fused-ring (bicyclic) bond motifs is 1. The molecule has 1 fully saturated rings. The first-order valence-electron chi connectivity index (χ1n) is 12.1. The molecule has 3 aromatic rings. The fourth-order valence-corrected chi connectivity index (χ4v) is 5.11. The van der Waals surface area contributed by atoms with Gasteiger partial charge in [0.25, 0.3) is 11.5 Å². The maximum atomic E-state index is 13.2. The lowest BCUT2D eigenvalue weighted by molar-refractivity contribution is 0.0948. The predicted octanol–water partition coefficient (Wildman–Crippen LogP) is 4.71. The summed E-state index contributed by atoms with van der Waals surface area (Å²) in [6.07, 6.45) is 3.91. The number of hydrogen-bond acceptors (Lipinski definition) is 3. The third-order valence-corrected chi connectivity index (χ3v) is 6.82. The highest BCUT2D eigenvalue weighted by Crippen LogP contribution is 2.21. The molecule has 2 aromatic carbocycles. The number of pyridine rings is 1. The first-order chi connectivity index (χ1) is 15.8. The van der Waals surface area contributed by atoms with E-state index in [-0.39, 0.29) is 11.5 Å². The molecule has 33 heavy (non-hydrogen) atoms. The van der Waals surface area contributed by atoms with E-state index < -0.39 is 0 Å². The summed E-state index contributed by atoms with van der Waals surface area (Å²) in [6, 6.07) is 13.3. The number of nitrogens with one attached hydrogen (secondary N) is 1. The number of aryl methyl sites for hydroxylation is 2. The molecule has 2 heterocycles. The number of benzene rings is 2. The van der Waals surface area contributed by atoms with Crippen molar-refractivity contribution in [3.63, 3.8) is 0 Å². The van der Waals surface area contributed by atoms with Gasteiger partial charge in [0.05, 0.1) is 5.56 Å². The van der Waals surface area contributed by atoms with Crippen molar-refractivity contribution < 1.29 is 4.79 Å². The van der Waals surface area contributed by atoms with E-state index >= 15 is 0 Å². The molecule has 5 nitrogen and oxygen atoms in total. The van der Waals surface area contributed by atoms with Gasteiger partial charge in [-0.05, 0) is 74.4 Å². The number of amides is 1. The fourth-order valence-electron chi connectivity index (χ4n) is 5.11. The van der Waals surface area contributed by atoms with Crippen LogP contribution >= 0.6 is 0 Å². The van der Waals surface area contributed by atoms with Crippen LogP contribution in [0.3, 0.4) is 0 Å². The van der Waals surface area contributed by atoms with Crippen molar-refractivity contribution in [1.29, 1.82) is 0 Å². The minimum Gasteiger partial charge on any atom is -0.352 e. The molecule has 1 saturated heterocycles. The smallest absolute Gasteiger partial charge is 0.262 e. The maximum Gasteiger partial charge on any atom is 0.262 e. The summed E-state index contributed by atoms with van der Waals surface area (Å²) in [5.74, 6) is 1.34. The minimum absolute atomic E-state index is 0.112. The Morgan fingerprint density at radius 3 is 2.39 bits per heavy atom. The zero-order chi connectivity index (χ0) is 23.5. The molecule has 0 bridgehead atoms. The van der Waals surface area contributed by atoms with Gasteiger partial charge in [-0.1, -0.05) is 38.1 Å². The third-order valence-electron chi connectivity index (χ3n) is 6.82. The minimum atomic E-state index is -0.135. The lowest BCUT2D eigenvalue weighted by Crippen LogP contribution is -2.40. The molecule has 4 rings (SSSR count). The molecule has 0 spiro atoms. The van der Waals surface area contributed by atoms with E-state index in [2.05, 4.69) is 24.1 Å². The monoisotopic (exact) mass is 445 g/mol. The average molecular weight is 446 g/mol. The van der Waals surface area contributed by atoms with Crippen molar-refractivity contribution in [1.82, 2.24) is 14.8 Å². The standard InChI is InChI=1S/C28H35N3O2/c1-19-14-20(2)17-30(16-19)13-7-12-29-27(32)26-18-31(23-11-10-21(3)22(4)15-23)28(33)25-9-6-5-8-24(25)26/h5-6,8-11,15,18-20H,7,12-14,16-17H2,1-4H3,(H,29,32). The van der Waals surface area contributed by atoms with Crippen LogP contribution in [0.15, 0.2) is 53.5 Å². The molecule has 0 aliphatic carbocycles. The van der Waals surface area contributed by atoms with Crippen LogP contribution in [-0.4, -0.2) is 41.6 Å². The summed E-state index contributed by atoms with van der Waals surface area (Å²) in [5, 5.41) is 4.34. The van der Waals surface area contributed by atoms with Gasteiger partial charge in [-0.2, -0.15) is 0 Å². The number of piperidine rings is 1. The molecule has 1 aliphatic heterocycles. The summed E-state index contributed by atoms with van der Waals surface area (Å²) in [4.78, 5) is 28.9. The fraction of sp³-hybridized carbons (Fsp3) is 0.429. The van der Waals surface area contributed by atoms with Gasteiger partial charge in [0.15, 0.2) is 0 Å². The Balaban J connectivity index is 1.54. The molecule has 0 radical (unpaired) electrons. The quantitative estimate of drug-likeness (QED) is 0.559. The van der Waals surface area contributed by atoms with E-state index in [0.29, 0.717) is 22.9 Å². The van der Waals surface area contributed by atoms with Crippen molar-refractivity contribution in [3.05, 3.63) is 75.7 Å². The zero-order valence-electron chi connectivity index (χ0n) is 20.2. The molecular formula is C28H35N3O2. The molecule has 1 amide bonds. The summed E-state index contributed by atoms with van der Waals surface area (Å²) in [7, 11) is 0. The van der Waals surface area contributed by atoms with Gasteiger partial charge in [0.1, 0.15) is 0 Å². The third kappa shape index (κ3) is 5.19. The Kier molecular flexibility index (Phi) is 6.99. The molecule has 1 N–H and O–H groups in total. The number of carbonyl (C=O) groups excluding carboxylic acids is 1. The number of hydrogen-bond donors (Lipinski definition) is 1. The van der Waals surface area contributed by atoms with E-state index in [9.17, 15) is 9.59 Å². The second-order valence-electron chi connectivity index (χ2n) is 9.85. The van der Waals surface area contributed by atoms with Gasteiger partial charge >= 0.3 is 0 Å². The number of carbonyl (C=O) groups is 1. The second-order valence-corrected chi connectivity index (χ2v) is 9.85. The first-order valence-corrected chi connectivity index (χ1v) is 12.1. The Morgan fingerprint density at radius 1 is 1.00 bits per heavy atom. The number of aromatic nitrogens is 1. The molecule has 5 heteroatoms. The molecule has 2 atom stereocenters. The lowest BCUT2D eigenvalue weighted by atomic mass is 9.92. The Bertz CT molecular complexity index is 1200. The second kappa shape index (κ2) is 9.92. The average Bonchev–Trinajstić information content (AvgIpc) is 2.78. The van der Waals surface area contributed by atoms with Crippen LogP contribution in [0.2, 0.25) is 0 Å². The number of likely N-dealkylation sites (tertiary alicyclic amines) is 1. The van der Waals surface area contributed by atoms with Crippen molar-refractivity contribution in [2.75, 3.05) is 26.2 Å². The van der Waals surface area contributed by atoms with Crippen LogP contribution in [-0.2, 0) is 0 Å². The van der Waals surface area contributed by atoms with E-state index in [1.165, 1.54) is 12.0 Å². The van der Waals surface area contributed by atoms with Crippen molar-refractivity contribution in [2.45, 2.75) is 40.5 Å². The highest BCUT2D eigenvalue weighted by Gasteiger charge is 2.21. The largest absolute Gasteiger partial charge is 0.352 e. The Morgan fingerprint density at radius 2 is 1.70 bits per heavy atom. The molecule has 174 valence electrons. The predicted molar refractivity (Wildman–Crippen MR) is 135 cm³/mol. The topological polar surface area (TPSA) is 54.3 Å². The van der Waals surface area contributed by atoms with Gasteiger partial charge in [0, 0.05) is 42.3 Å².